The third kappa shape index (κ3) is 3.95. The number of ketones is 1. The van der Waals surface area contributed by atoms with E-state index in [1.807, 2.05) is 0 Å². The van der Waals surface area contributed by atoms with Gasteiger partial charge < -0.3 is 10.2 Å². The summed E-state index contributed by atoms with van der Waals surface area (Å²) in [6.07, 6.45) is 0. The fourth-order valence-electron chi connectivity index (χ4n) is 1.77. The Kier molecular flexibility index (Phi) is 4.83. The largest absolute Gasteiger partial charge is 0.507 e. The van der Waals surface area contributed by atoms with Gasteiger partial charge >= 0.3 is 5.97 Å². The molecule has 0 bridgehead atoms. The van der Waals surface area contributed by atoms with Crippen LogP contribution in [0.15, 0.2) is 34.5 Å². The highest BCUT2D eigenvalue weighted by Gasteiger charge is 2.18. The van der Waals surface area contributed by atoms with Gasteiger partial charge in [0.25, 0.3) is 0 Å². The van der Waals surface area contributed by atoms with Gasteiger partial charge in [0.05, 0.1) is 4.88 Å². The van der Waals surface area contributed by atoms with Crippen LogP contribution in [0.2, 0.25) is 0 Å². The van der Waals surface area contributed by atoms with Gasteiger partial charge in [-0.3, -0.25) is 4.79 Å². The number of hydrogen-bond acceptors (Lipinski definition) is 6. The number of carbonyl (C=O) groups excluding carboxylic acids is 1. The summed E-state index contributed by atoms with van der Waals surface area (Å²) in [5.74, 6) is -1.92. The molecule has 1 heterocycles. The zero-order valence-electron chi connectivity index (χ0n) is 11.9. The fourth-order valence-corrected chi connectivity index (χ4v) is 4.03. The maximum Gasteiger partial charge on any atom is 0.339 e. The minimum atomic E-state index is -3.81. The molecule has 9 heteroatoms. The van der Waals surface area contributed by atoms with Gasteiger partial charge in [0.15, 0.2) is 5.78 Å². The van der Waals surface area contributed by atoms with Crippen molar-refractivity contribution in [1.82, 2.24) is 4.72 Å². The van der Waals surface area contributed by atoms with Crippen molar-refractivity contribution in [2.45, 2.75) is 17.7 Å². The van der Waals surface area contributed by atoms with Gasteiger partial charge in [-0.05, 0) is 36.8 Å². The number of carbonyl (C=O) groups is 2. The molecule has 0 radical (unpaired) electrons. The molecule has 0 aliphatic rings. The van der Waals surface area contributed by atoms with Gasteiger partial charge in [0.1, 0.15) is 15.5 Å². The summed E-state index contributed by atoms with van der Waals surface area (Å²) in [6.45, 7) is 1.20. The van der Waals surface area contributed by atoms with E-state index in [2.05, 4.69) is 4.72 Å². The Balaban J connectivity index is 2.17. The van der Waals surface area contributed by atoms with Crippen LogP contribution < -0.4 is 4.72 Å². The normalized spacial score (nSPS) is 11.3. The second kappa shape index (κ2) is 6.49. The minimum absolute atomic E-state index is 0.0000589. The summed E-state index contributed by atoms with van der Waals surface area (Å²) in [5, 5.41) is 18.3. The van der Waals surface area contributed by atoms with Crippen molar-refractivity contribution in [2.75, 3.05) is 0 Å². The van der Waals surface area contributed by atoms with Crippen LogP contribution in [-0.4, -0.2) is 30.4 Å². The molecule has 0 amide bonds. The number of aromatic hydroxyl groups is 1. The van der Waals surface area contributed by atoms with Crippen LogP contribution >= 0.6 is 11.3 Å². The van der Waals surface area contributed by atoms with Crippen LogP contribution in [0.4, 0.5) is 0 Å². The molecule has 0 fully saturated rings. The van der Waals surface area contributed by atoms with Crippen LogP contribution in [-0.2, 0) is 16.6 Å². The topological polar surface area (TPSA) is 121 Å². The number of carboxylic acid groups (broad SMARTS) is 1. The van der Waals surface area contributed by atoms with Crippen molar-refractivity contribution in [3.8, 4) is 5.75 Å². The molecule has 0 aliphatic carbocycles. The standard InChI is InChI=1S/C14H13NO6S2/c1-8(16)12-4-5-13(22-12)23(20,21)15-7-9-2-3-11(17)10(6-9)14(18)19/h2-6,15,17H,7H2,1H3,(H,18,19). The van der Waals surface area contributed by atoms with Gasteiger partial charge in [-0.1, -0.05) is 6.07 Å². The molecule has 2 rings (SSSR count). The molecule has 23 heavy (non-hydrogen) atoms. The summed E-state index contributed by atoms with van der Waals surface area (Å²) in [6, 6.07) is 6.56. The van der Waals surface area contributed by atoms with Crippen molar-refractivity contribution >= 4 is 33.1 Å². The first-order valence-electron chi connectivity index (χ1n) is 6.36. The molecule has 1 aromatic carbocycles. The van der Waals surface area contributed by atoms with E-state index in [1.165, 1.54) is 37.3 Å². The van der Waals surface area contributed by atoms with Crippen LogP contribution in [0, 0.1) is 0 Å². The zero-order valence-corrected chi connectivity index (χ0v) is 13.6. The monoisotopic (exact) mass is 355 g/mol. The average molecular weight is 355 g/mol. The van der Waals surface area contributed by atoms with E-state index in [9.17, 15) is 23.1 Å². The van der Waals surface area contributed by atoms with Crippen molar-refractivity contribution in [1.29, 1.82) is 0 Å². The number of hydrogen-bond donors (Lipinski definition) is 3. The second-order valence-electron chi connectivity index (χ2n) is 4.66. The molecule has 7 nitrogen and oxygen atoms in total. The van der Waals surface area contributed by atoms with Crippen LogP contribution in [0.5, 0.6) is 5.75 Å². The van der Waals surface area contributed by atoms with E-state index >= 15 is 0 Å². The predicted octanol–water partition coefficient (Wildman–Crippen LogP) is 1.83. The van der Waals surface area contributed by atoms with Crippen molar-refractivity contribution in [3.05, 3.63) is 46.3 Å². The van der Waals surface area contributed by atoms with Crippen LogP contribution in [0.1, 0.15) is 32.5 Å². The average Bonchev–Trinajstić information content (AvgIpc) is 2.97. The molecule has 0 saturated carbocycles. The lowest BCUT2D eigenvalue weighted by Gasteiger charge is -2.07. The number of benzene rings is 1. The van der Waals surface area contributed by atoms with Gasteiger partial charge in [-0.2, -0.15) is 0 Å². The minimum Gasteiger partial charge on any atom is -0.507 e. The van der Waals surface area contributed by atoms with E-state index in [4.69, 9.17) is 5.11 Å². The summed E-state index contributed by atoms with van der Waals surface area (Å²) in [4.78, 5) is 22.5. The Hall–Kier alpha value is -2.23. The van der Waals surface area contributed by atoms with Crippen molar-refractivity contribution < 1.29 is 28.2 Å². The number of aromatic carboxylic acids is 1. The Morgan fingerprint density at radius 2 is 1.91 bits per heavy atom. The SMILES string of the molecule is CC(=O)c1ccc(S(=O)(=O)NCc2ccc(O)c(C(=O)O)c2)s1. The third-order valence-corrected chi connectivity index (χ3v) is 6.03. The maximum absolute atomic E-state index is 12.1. The van der Waals surface area contributed by atoms with Crippen LogP contribution in [0.25, 0.3) is 0 Å². The number of thiophene rings is 1. The molecule has 0 saturated heterocycles. The first kappa shape index (κ1) is 17.1. The van der Waals surface area contributed by atoms with E-state index in [1.54, 1.807) is 0 Å². The third-order valence-electron chi connectivity index (χ3n) is 2.95. The van der Waals surface area contributed by atoms with Gasteiger partial charge in [-0.25, -0.2) is 17.9 Å². The van der Waals surface area contributed by atoms with Crippen molar-refractivity contribution in [3.63, 3.8) is 0 Å². The number of Topliss-reactive ketones (excluding diaryl/α,β-unsaturated/α-hetero) is 1. The van der Waals surface area contributed by atoms with Crippen molar-refractivity contribution in [2.24, 2.45) is 0 Å². The lowest BCUT2D eigenvalue weighted by Crippen LogP contribution is -2.22. The van der Waals surface area contributed by atoms with E-state index in [-0.39, 0.29) is 22.1 Å². The zero-order chi connectivity index (χ0) is 17.2. The molecule has 0 spiro atoms. The molecule has 0 aliphatic heterocycles. The summed E-state index contributed by atoms with van der Waals surface area (Å²) in [5.41, 5.74) is 0.0730. The number of phenols is 1. The van der Waals surface area contributed by atoms with Crippen LogP contribution in [0.3, 0.4) is 0 Å². The lowest BCUT2D eigenvalue weighted by molar-refractivity contribution is 0.0693. The Bertz CT molecular complexity index is 869. The smallest absolute Gasteiger partial charge is 0.339 e. The molecule has 1 aromatic heterocycles. The van der Waals surface area contributed by atoms with E-state index < -0.39 is 21.7 Å². The van der Waals surface area contributed by atoms with Gasteiger partial charge in [0, 0.05) is 6.54 Å². The molecule has 2 aromatic rings. The highest BCUT2D eigenvalue weighted by atomic mass is 32.2. The fraction of sp³-hybridized carbons (Fsp3) is 0.143. The Labute approximate surface area is 136 Å². The molecular weight excluding hydrogens is 342 g/mol. The highest BCUT2D eigenvalue weighted by molar-refractivity contribution is 7.91. The molecule has 3 N–H and O–H groups in total. The summed E-state index contributed by atoms with van der Waals surface area (Å²) in [7, 11) is -3.81. The molecule has 122 valence electrons. The highest BCUT2D eigenvalue weighted by Crippen LogP contribution is 2.23. The predicted molar refractivity (Wildman–Crippen MR) is 83.4 cm³/mol. The lowest BCUT2D eigenvalue weighted by atomic mass is 10.1. The first-order valence-corrected chi connectivity index (χ1v) is 8.66. The molecule has 0 atom stereocenters. The van der Waals surface area contributed by atoms with E-state index in [0.717, 1.165) is 11.3 Å². The second-order valence-corrected chi connectivity index (χ2v) is 7.73. The summed E-state index contributed by atoms with van der Waals surface area (Å²) < 4.78 is 26.6. The Morgan fingerprint density at radius 3 is 2.48 bits per heavy atom. The number of sulfonamides is 1. The van der Waals surface area contributed by atoms with Gasteiger partial charge in [0.2, 0.25) is 10.0 Å². The molecular formula is C14H13NO6S2. The number of carboxylic acids is 1. The maximum atomic E-state index is 12.1. The molecule has 0 unspecified atom stereocenters. The number of nitrogens with one attached hydrogen (secondary N) is 1. The quantitative estimate of drug-likeness (QED) is 0.680. The van der Waals surface area contributed by atoms with Gasteiger partial charge in [-0.15, -0.1) is 11.3 Å². The van der Waals surface area contributed by atoms with E-state index in [0.29, 0.717) is 10.4 Å². The number of rotatable bonds is 6. The Morgan fingerprint density at radius 1 is 1.22 bits per heavy atom. The first-order chi connectivity index (χ1) is 10.7. The summed E-state index contributed by atoms with van der Waals surface area (Å²) >= 11 is 0.859.